The van der Waals surface area contributed by atoms with Crippen LogP contribution in [0.15, 0.2) is 24.3 Å². The summed E-state index contributed by atoms with van der Waals surface area (Å²) in [5.41, 5.74) is 11.1. The second-order valence-electron chi connectivity index (χ2n) is 2.40. The Hall–Kier alpha value is -0.770. The molecule has 0 spiro atoms. The van der Waals surface area contributed by atoms with Gasteiger partial charge in [0, 0.05) is 5.02 Å². The lowest BCUT2D eigenvalue weighted by Crippen LogP contribution is -2.28. The fourth-order valence-corrected chi connectivity index (χ4v) is 1.13. The third-order valence-corrected chi connectivity index (χ3v) is 1.89. The van der Waals surface area contributed by atoms with Gasteiger partial charge in [-0.15, -0.1) is 12.4 Å². The van der Waals surface area contributed by atoms with Crippen LogP contribution in [0, 0.1) is 0 Å². The lowest BCUT2D eigenvalue weighted by atomic mass is 10.1. The Bertz CT molecular complexity index is 304. The molecule has 0 fully saturated rings. The highest BCUT2D eigenvalue weighted by molar-refractivity contribution is 6.31. The molecule has 0 saturated carbocycles. The van der Waals surface area contributed by atoms with E-state index in [4.69, 9.17) is 23.1 Å². The summed E-state index contributed by atoms with van der Waals surface area (Å²) in [5.74, 6) is -0.580. The second kappa shape index (κ2) is 5.07. The minimum Gasteiger partial charge on any atom is -0.368 e. The zero-order valence-corrected chi connectivity index (χ0v) is 8.31. The molecule has 13 heavy (non-hydrogen) atoms. The number of rotatable bonds is 2. The van der Waals surface area contributed by atoms with Crippen LogP contribution in [0.5, 0.6) is 0 Å². The van der Waals surface area contributed by atoms with Gasteiger partial charge in [0.2, 0.25) is 5.91 Å². The third-order valence-electron chi connectivity index (χ3n) is 1.55. The van der Waals surface area contributed by atoms with Gasteiger partial charge in [-0.05, 0) is 11.6 Å². The first-order valence-electron chi connectivity index (χ1n) is 3.42. The molecule has 0 aliphatic rings. The molecule has 0 unspecified atom stereocenters. The van der Waals surface area contributed by atoms with Crippen molar-refractivity contribution >= 4 is 29.9 Å². The third kappa shape index (κ3) is 2.88. The van der Waals surface area contributed by atoms with Crippen LogP contribution in [0.4, 0.5) is 0 Å². The van der Waals surface area contributed by atoms with E-state index in [1.807, 2.05) is 0 Å². The Morgan fingerprint density at radius 2 is 1.92 bits per heavy atom. The molecule has 0 bridgehead atoms. The molecule has 1 aromatic carbocycles. The van der Waals surface area contributed by atoms with Gasteiger partial charge in [-0.25, -0.2) is 0 Å². The summed E-state index contributed by atoms with van der Waals surface area (Å²) in [6.07, 6.45) is 0. The van der Waals surface area contributed by atoms with Gasteiger partial charge in [0.1, 0.15) is 6.04 Å². The zero-order valence-electron chi connectivity index (χ0n) is 6.74. The topological polar surface area (TPSA) is 69.1 Å². The van der Waals surface area contributed by atoms with E-state index in [-0.39, 0.29) is 12.4 Å². The van der Waals surface area contributed by atoms with Gasteiger partial charge in [0.25, 0.3) is 0 Å². The van der Waals surface area contributed by atoms with E-state index in [1.165, 1.54) is 0 Å². The van der Waals surface area contributed by atoms with Crippen molar-refractivity contribution in [3.05, 3.63) is 34.9 Å². The van der Waals surface area contributed by atoms with Crippen molar-refractivity contribution in [2.75, 3.05) is 0 Å². The Morgan fingerprint density at radius 3 is 2.38 bits per heavy atom. The van der Waals surface area contributed by atoms with Crippen LogP contribution in [0.1, 0.15) is 11.6 Å². The summed E-state index contributed by atoms with van der Waals surface area (Å²) in [6.45, 7) is 0. The molecule has 4 N–H and O–H groups in total. The molecular formula is C8H10Cl2N2O. The summed E-state index contributed by atoms with van der Waals surface area (Å²) in [6, 6.07) is 6.04. The van der Waals surface area contributed by atoms with Crippen molar-refractivity contribution in [3.8, 4) is 0 Å². The summed E-state index contributed by atoms with van der Waals surface area (Å²) in [4.78, 5) is 10.7. The standard InChI is InChI=1S/C8H9ClN2O.ClH/c9-6-4-2-1-3-5(6)7(10)8(11)12;/h1-4,7H,10H2,(H2,11,12);1H/t7-;/m1./s1. The fraction of sp³-hybridized carbons (Fsp3) is 0.125. The Balaban J connectivity index is 0.00000144. The van der Waals surface area contributed by atoms with E-state index < -0.39 is 11.9 Å². The number of halogens is 2. The summed E-state index contributed by atoms with van der Waals surface area (Å²) >= 11 is 5.78. The van der Waals surface area contributed by atoms with Gasteiger partial charge in [0.05, 0.1) is 0 Å². The predicted octanol–water partition coefficient (Wildman–Crippen LogP) is 1.25. The van der Waals surface area contributed by atoms with E-state index in [1.54, 1.807) is 24.3 Å². The van der Waals surface area contributed by atoms with Crippen molar-refractivity contribution in [1.82, 2.24) is 0 Å². The summed E-state index contributed by atoms with van der Waals surface area (Å²) < 4.78 is 0. The zero-order chi connectivity index (χ0) is 9.14. The molecular weight excluding hydrogens is 211 g/mol. The molecule has 1 atom stereocenters. The number of amides is 1. The first-order chi connectivity index (χ1) is 5.63. The van der Waals surface area contributed by atoms with Crippen LogP contribution in [0.2, 0.25) is 5.02 Å². The average molecular weight is 221 g/mol. The summed E-state index contributed by atoms with van der Waals surface area (Å²) in [7, 11) is 0. The Labute approximate surface area is 87.5 Å². The number of nitrogens with two attached hydrogens (primary N) is 2. The van der Waals surface area contributed by atoms with Crippen LogP contribution >= 0.6 is 24.0 Å². The smallest absolute Gasteiger partial charge is 0.238 e. The van der Waals surface area contributed by atoms with Crippen molar-refractivity contribution in [3.63, 3.8) is 0 Å². The van der Waals surface area contributed by atoms with Crippen molar-refractivity contribution < 1.29 is 4.79 Å². The molecule has 72 valence electrons. The average Bonchev–Trinajstić information content (AvgIpc) is 2.04. The maximum Gasteiger partial charge on any atom is 0.238 e. The van der Waals surface area contributed by atoms with E-state index in [9.17, 15) is 4.79 Å². The quantitative estimate of drug-likeness (QED) is 0.788. The monoisotopic (exact) mass is 220 g/mol. The maximum absolute atomic E-state index is 10.7. The van der Waals surface area contributed by atoms with Gasteiger partial charge < -0.3 is 11.5 Å². The molecule has 1 rings (SSSR count). The van der Waals surface area contributed by atoms with Crippen LogP contribution in [-0.2, 0) is 4.79 Å². The molecule has 0 aliphatic carbocycles. The van der Waals surface area contributed by atoms with Crippen LogP contribution < -0.4 is 11.5 Å². The first-order valence-corrected chi connectivity index (χ1v) is 3.80. The molecule has 0 aromatic heterocycles. The van der Waals surface area contributed by atoms with E-state index in [2.05, 4.69) is 0 Å². The number of carbonyl (C=O) groups excluding carboxylic acids is 1. The normalized spacial score (nSPS) is 11.5. The van der Waals surface area contributed by atoms with E-state index in [0.717, 1.165) is 0 Å². The maximum atomic E-state index is 10.7. The number of benzene rings is 1. The van der Waals surface area contributed by atoms with Gasteiger partial charge in [-0.2, -0.15) is 0 Å². The minimum absolute atomic E-state index is 0. The van der Waals surface area contributed by atoms with Crippen LogP contribution in [0.25, 0.3) is 0 Å². The highest BCUT2D eigenvalue weighted by atomic mass is 35.5. The molecule has 5 heteroatoms. The first kappa shape index (κ1) is 12.2. The molecule has 3 nitrogen and oxygen atoms in total. The van der Waals surface area contributed by atoms with Crippen molar-refractivity contribution in [2.45, 2.75) is 6.04 Å². The number of primary amides is 1. The summed E-state index contributed by atoms with van der Waals surface area (Å²) in [5, 5.41) is 0.462. The van der Waals surface area contributed by atoms with Gasteiger partial charge in [0.15, 0.2) is 0 Å². The van der Waals surface area contributed by atoms with E-state index in [0.29, 0.717) is 10.6 Å². The van der Waals surface area contributed by atoms with Crippen LogP contribution in [-0.4, -0.2) is 5.91 Å². The number of hydrogen-bond donors (Lipinski definition) is 2. The van der Waals surface area contributed by atoms with Crippen LogP contribution in [0.3, 0.4) is 0 Å². The predicted molar refractivity (Wildman–Crippen MR) is 54.8 cm³/mol. The van der Waals surface area contributed by atoms with Gasteiger partial charge >= 0.3 is 0 Å². The molecule has 0 aliphatic heterocycles. The molecule has 0 saturated heterocycles. The van der Waals surface area contributed by atoms with Gasteiger partial charge in [-0.1, -0.05) is 29.8 Å². The molecule has 0 radical (unpaired) electrons. The number of hydrogen-bond acceptors (Lipinski definition) is 2. The highest BCUT2D eigenvalue weighted by Crippen LogP contribution is 2.20. The Morgan fingerprint density at radius 1 is 1.38 bits per heavy atom. The van der Waals surface area contributed by atoms with Crippen molar-refractivity contribution in [2.24, 2.45) is 11.5 Å². The fourth-order valence-electron chi connectivity index (χ4n) is 0.881. The van der Waals surface area contributed by atoms with Gasteiger partial charge in [-0.3, -0.25) is 4.79 Å². The molecule has 0 heterocycles. The highest BCUT2D eigenvalue weighted by Gasteiger charge is 2.14. The lowest BCUT2D eigenvalue weighted by Gasteiger charge is -2.08. The molecule has 1 aromatic rings. The van der Waals surface area contributed by atoms with E-state index >= 15 is 0 Å². The SMILES string of the molecule is Cl.NC(=O)[C@H](N)c1ccccc1Cl. The minimum atomic E-state index is -0.821. The lowest BCUT2D eigenvalue weighted by molar-refractivity contribution is -0.119. The Kier molecular flexibility index (Phi) is 4.77. The second-order valence-corrected chi connectivity index (χ2v) is 2.81. The molecule has 1 amide bonds. The largest absolute Gasteiger partial charge is 0.368 e. The number of carbonyl (C=O) groups is 1. The van der Waals surface area contributed by atoms with Crippen molar-refractivity contribution in [1.29, 1.82) is 0 Å².